The van der Waals surface area contributed by atoms with Crippen molar-refractivity contribution in [2.75, 3.05) is 14.0 Å². The van der Waals surface area contributed by atoms with Crippen molar-refractivity contribution in [3.05, 3.63) is 202 Å². The van der Waals surface area contributed by atoms with Crippen LogP contribution in [0.2, 0.25) is 0 Å². The van der Waals surface area contributed by atoms with Crippen LogP contribution in [0.25, 0.3) is 21.5 Å². The normalized spacial score (nSPS) is 12.6. The van der Waals surface area contributed by atoms with Crippen molar-refractivity contribution in [3.63, 3.8) is 0 Å². The van der Waals surface area contributed by atoms with Crippen LogP contribution in [0.1, 0.15) is 45.4 Å². The van der Waals surface area contributed by atoms with Gasteiger partial charge in [0, 0.05) is 30.8 Å². The van der Waals surface area contributed by atoms with Crippen molar-refractivity contribution in [1.29, 1.82) is 0 Å². The number of rotatable bonds is 23. The number of nitrogens with zero attached hydrogens (tertiary/aromatic N) is 5. The Morgan fingerprint density at radius 1 is 0.342 bits per heavy atom. The van der Waals surface area contributed by atoms with Gasteiger partial charge in [-0.25, -0.2) is 50.5 Å². The summed E-state index contributed by atoms with van der Waals surface area (Å²) in [5.74, 6) is 0. The van der Waals surface area contributed by atoms with Crippen LogP contribution in [0.15, 0.2) is 211 Å². The van der Waals surface area contributed by atoms with Gasteiger partial charge in [-0.1, -0.05) is 103 Å². The molecule has 0 unspecified atom stereocenters. The van der Waals surface area contributed by atoms with E-state index in [9.17, 15) is 70.7 Å². The van der Waals surface area contributed by atoms with Gasteiger partial charge in [-0.05, 0) is 125 Å². The third-order valence-electron chi connectivity index (χ3n) is 12.5. The van der Waals surface area contributed by atoms with E-state index >= 15 is 0 Å². The predicted octanol–water partition coefficient (Wildman–Crippen LogP) is 9.72. The summed E-state index contributed by atoms with van der Waals surface area (Å²) in [4.78, 5) is 17.2. The van der Waals surface area contributed by atoms with Crippen LogP contribution in [0.3, 0.4) is 0 Å². The van der Waals surface area contributed by atoms with Crippen LogP contribution in [-0.4, -0.2) is 70.6 Å². The molecule has 21 nitrogen and oxygen atoms in total. The molecule has 79 heavy (non-hydrogen) atoms. The van der Waals surface area contributed by atoms with Gasteiger partial charge in [0.25, 0.3) is 71.5 Å². The molecule has 0 aliphatic heterocycles. The lowest BCUT2D eigenvalue weighted by Crippen LogP contribution is -2.38. The Labute approximate surface area is 456 Å². The summed E-state index contributed by atoms with van der Waals surface area (Å²) in [6.07, 6.45) is 3.42. The predicted molar refractivity (Wildman–Crippen MR) is 295 cm³/mol. The molecular formula is C52H47N5O16S6. The molecule has 8 rings (SSSR count). The molecule has 0 aromatic heterocycles. The highest BCUT2D eigenvalue weighted by Crippen LogP contribution is 2.37. The maximum absolute atomic E-state index is 14.8. The fourth-order valence-corrected chi connectivity index (χ4v) is 19.6. The van der Waals surface area contributed by atoms with Crippen molar-refractivity contribution >= 4 is 104 Å². The van der Waals surface area contributed by atoms with Gasteiger partial charge in [0.15, 0.2) is 0 Å². The van der Waals surface area contributed by atoms with E-state index in [-0.39, 0.29) is 17.6 Å². The number of anilines is 2. The Kier molecular flexibility index (Phi) is 16.5. The second-order valence-electron chi connectivity index (χ2n) is 17.7. The molecule has 0 heterocycles. The van der Waals surface area contributed by atoms with Crippen molar-refractivity contribution in [2.24, 2.45) is 0 Å². The maximum Gasteiger partial charge on any atom is 0.277 e. The number of unbranched alkanes of at least 4 members (excludes halogenated alkanes) is 5. The Balaban J connectivity index is 1.20. The van der Waals surface area contributed by atoms with Gasteiger partial charge in [-0.3, -0.25) is 20.2 Å². The molecule has 412 valence electrons. The molecule has 8 aromatic rings. The number of nitro groups is 2. The van der Waals surface area contributed by atoms with Crippen LogP contribution < -0.4 is 7.42 Å². The molecular weight excluding hydrogens is 1140 g/mol. The number of hydrogen-bond donors (Lipinski definition) is 0. The molecule has 0 bridgehead atoms. The van der Waals surface area contributed by atoms with Crippen molar-refractivity contribution in [3.8, 4) is 0 Å². The first-order chi connectivity index (χ1) is 37.3. The Bertz CT molecular complexity index is 4150. The zero-order chi connectivity index (χ0) is 57.1. The Morgan fingerprint density at radius 3 is 0.987 bits per heavy atom. The molecule has 0 spiro atoms. The highest BCUT2D eigenvalue weighted by Gasteiger charge is 2.41. The minimum Gasteiger partial charge on any atom is -0.258 e. The maximum atomic E-state index is 14.8. The number of fused-ring (bicyclic) bond motifs is 2. The SMILES string of the molecule is CCCCCCCCN(S(=O)(=O)c1ccc(N(S(=O)(=O)c2ccc([N+](=O)[O-])cc2)S(=O)(=O)c2ccc([N+](=O)[O-])cc2)cc1)S(=O)(=O)c1ccc(N(S(=O)(=O)c2ccc3ccccc3c2)S(=O)(=O)c2ccc3ccccc3c2)cc1. The second kappa shape index (κ2) is 22.6. The number of sulfonamides is 6. The lowest BCUT2D eigenvalue weighted by Gasteiger charge is -2.26. The van der Waals surface area contributed by atoms with E-state index in [4.69, 9.17) is 0 Å². The number of nitro benzene ring substituents is 2. The van der Waals surface area contributed by atoms with Gasteiger partial charge in [0.1, 0.15) is 0 Å². The van der Waals surface area contributed by atoms with Crippen molar-refractivity contribution in [2.45, 2.75) is 74.8 Å². The van der Waals surface area contributed by atoms with E-state index in [1.807, 2.05) is 6.92 Å². The van der Waals surface area contributed by atoms with Gasteiger partial charge < -0.3 is 0 Å². The van der Waals surface area contributed by atoms with Gasteiger partial charge in [-0.2, -0.15) is 7.42 Å². The fourth-order valence-electron chi connectivity index (χ4n) is 8.44. The highest BCUT2D eigenvalue weighted by atomic mass is 32.3. The minimum atomic E-state index is -5.30. The first kappa shape index (κ1) is 57.5. The van der Waals surface area contributed by atoms with Crippen molar-refractivity contribution in [1.82, 2.24) is 3.71 Å². The standard InChI is InChI=1S/C52H47N5O16S6/c1-2-3-4-5-6-11-36-53(74(62,63)47-32-22-45(23-33-47)56(76(66,67)49-28-18-43(19-29-49)54(58)59)77(68,69)50-30-20-44(21-31-50)55(60)61)75(64,65)48-34-24-46(25-35-48)57(78(70,71)51-26-16-39-12-7-9-14-41(39)37-51)79(72,73)52-27-17-40-13-8-10-15-42(40)38-52/h7-10,12-35,37-38H,2-6,11,36H2,1H3. The molecule has 0 saturated carbocycles. The summed E-state index contributed by atoms with van der Waals surface area (Å²) in [6, 6.07) is 34.2. The van der Waals surface area contributed by atoms with E-state index in [1.165, 1.54) is 36.4 Å². The van der Waals surface area contributed by atoms with Crippen LogP contribution in [0.4, 0.5) is 22.7 Å². The zero-order valence-corrected chi connectivity index (χ0v) is 46.4. The molecule has 0 atom stereocenters. The van der Waals surface area contributed by atoms with Crippen LogP contribution >= 0.6 is 0 Å². The molecule has 0 radical (unpaired) electrons. The zero-order valence-electron chi connectivity index (χ0n) is 41.5. The van der Waals surface area contributed by atoms with Gasteiger partial charge in [-0.15, -0.1) is 0 Å². The number of hydrogen-bond acceptors (Lipinski definition) is 16. The van der Waals surface area contributed by atoms with Crippen molar-refractivity contribution < 1.29 is 60.4 Å². The van der Waals surface area contributed by atoms with Crippen LogP contribution in [0, 0.1) is 20.2 Å². The molecule has 27 heteroatoms. The first-order valence-corrected chi connectivity index (χ1v) is 32.5. The quantitative estimate of drug-likeness (QED) is 0.0327. The summed E-state index contributed by atoms with van der Waals surface area (Å²) >= 11 is 0. The average molecular weight is 1190 g/mol. The van der Waals surface area contributed by atoms with E-state index in [0.717, 1.165) is 116 Å². The number of non-ortho nitro benzene ring substituents is 2. The molecule has 0 amide bonds. The third-order valence-corrected chi connectivity index (χ3v) is 25.3. The molecule has 0 fully saturated rings. The molecule has 0 aliphatic rings. The Morgan fingerprint density at radius 2 is 0.633 bits per heavy atom. The fraction of sp³-hybridized carbons (Fsp3) is 0.154. The highest BCUT2D eigenvalue weighted by molar-refractivity contribution is 8.11. The van der Waals surface area contributed by atoms with E-state index < -0.39 is 129 Å². The van der Waals surface area contributed by atoms with Gasteiger partial charge in [0.2, 0.25) is 0 Å². The van der Waals surface area contributed by atoms with Crippen LogP contribution in [0.5, 0.6) is 0 Å². The monoisotopic (exact) mass is 1190 g/mol. The number of benzene rings is 8. The summed E-state index contributed by atoms with van der Waals surface area (Å²) in [7, 11) is -31.1. The second-order valence-corrected chi connectivity index (χ2v) is 29.3. The largest absolute Gasteiger partial charge is 0.277 e. The summed E-state index contributed by atoms with van der Waals surface area (Å²) in [5.41, 5.74) is -2.38. The van der Waals surface area contributed by atoms with Gasteiger partial charge in [0.05, 0.1) is 50.6 Å². The summed E-state index contributed by atoms with van der Waals surface area (Å²) < 4.78 is 176. The third kappa shape index (κ3) is 11.6. The summed E-state index contributed by atoms with van der Waals surface area (Å²) in [6.45, 7) is 1.32. The lowest BCUT2D eigenvalue weighted by atomic mass is 10.1. The van der Waals surface area contributed by atoms with E-state index in [1.54, 1.807) is 48.5 Å². The van der Waals surface area contributed by atoms with Crippen LogP contribution in [-0.2, 0) is 60.1 Å². The van der Waals surface area contributed by atoms with E-state index in [0.29, 0.717) is 34.4 Å². The Hall–Kier alpha value is -7.66. The van der Waals surface area contributed by atoms with Gasteiger partial charge >= 0.3 is 0 Å². The smallest absolute Gasteiger partial charge is 0.258 e. The first-order valence-electron chi connectivity index (χ1n) is 23.9. The average Bonchev–Trinajstić information content (AvgIpc) is 3.61. The molecule has 8 aromatic carbocycles. The molecule has 0 aliphatic carbocycles. The summed E-state index contributed by atoms with van der Waals surface area (Å²) in [5, 5.41) is 25.0. The molecule has 0 saturated heterocycles. The minimum absolute atomic E-state index is 0.00510. The topological polar surface area (TPSA) is 301 Å². The van der Waals surface area contributed by atoms with E-state index in [2.05, 4.69) is 0 Å². The molecule has 0 N–H and O–H groups in total. The lowest BCUT2D eigenvalue weighted by molar-refractivity contribution is -0.385.